The Morgan fingerprint density at radius 1 is 1.24 bits per heavy atom. The molecule has 2 aromatic rings. The van der Waals surface area contributed by atoms with Gasteiger partial charge in [0.25, 0.3) is 0 Å². The largest absolute Gasteiger partial charge is 0.508 e. The second kappa shape index (κ2) is 3.76. The van der Waals surface area contributed by atoms with E-state index in [0.29, 0.717) is 17.6 Å². The summed E-state index contributed by atoms with van der Waals surface area (Å²) in [4.78, 5) is 0. The first-order valence-corrected chi connectivity index (χ1v) is 5.76. The molecule has 3 N–H and O–H groups in total. The normalized spacial score (nSPS) is 15.8. The van der Waals surface area contributed by atoms with E-state index in [2.05, 4.69) is 10.3 Å². The van der Waals surface area contributed by atoms with Crippen molar-refractivity contribution in [2.24, 2.45) is 0 Å². The lowest BCUT2D eigenvalue weighted by Crippen LogP contribution is -2.19. The highest BCUT2D eigenvalue weighted by atomic mass is 16.3. The number of hydrogen-bond donors (Lipinski definition) is 2. The molecule has 1 heterocycles. The van der Waals surface area contributed by atoms with Crippen molar-refractivity contribution in [1.29, 1.82) is 0 Å². The number of hydrogen-bond acceptors (Lipinski definition) is 4. The van der Waals surface area contributed by atoms with Crippen LogP contribution in [0.4, 0.5) is 5.82 Å². The van der Waals surface area contributed by atoms with Crippen molar-refractivity contribution in [3.8, 4) is 17.0 Å². The smallest absolute Gasteiger partial charge is 0.150 e. The second-order valence-electron chi connectivity index (χ2n) is 4.40. The van der Waals surface area contributed by atoms with Gasteiger partial charge >= 0.3 is 0 Å². The molecule has 5 nitrogen and oxygen atoms in total. The Morgan fingerprint density at radius 2 is 1.94 bits per heavy atom. The molecular weight excluding hydrogens is 216 g/mol. The molecule has 1 aromatic carbocycles. The van der Waals surface area contributed by atoms with Gasteiger partial charge in [-0.05, 0) is 43.5 Å². The Kier molecular flexibility index (Phi) is 2.24. The van der Waals surface area contributed by atoms with Crippen LogP contribution in [0.15, 0.2) is 24.3 Å². The van der Waals surface area contributed by atoms with Gasteiger partial charge in [0.15, 0.2) is 5.82 Å². The summed E-state index contributed by atoms with van der Waals surface area (Å²) >= 11 is 0. The summed E-state index contributed by atoms with van der Waals surface area (Å²) in [6.07, 6.45) is 3.49. The third-order valence-electron chi connectivity index (χ3n) is 3.29. The van der Waals surface area contributed by atoms with Crippen LogP contribution < -0.4 is 5.73 Å². The Labute approximate surface area is 98.9 Å². The fraction of sp³-hybridized carbons (Fsp3) is 0.333. The maximum Gasteiger partial charge on any atom is 0.150 e. The monoisotopic (exact) mass is 230 g/mol. The summed E-state index contributed by atoms with van der Waals surface area (Å²) < 4.78 is 1.81. The quantitative estimate of drug-likeness (QED) is 0.826. The van der Waals surface area contributed by atoms with Gasteiger partial charge < -0.3 is 10.8 Å². The first kappa shape index (κ1) is 10.1. The van der Waals surface area contributed by atoms with Gasteiger partial charge in [-0.15, -0.1) is 5.10 Å². The molecule has 1 aliphatic carbocycles. The van der Waals surface area contributed by atoms with Crippen molar-refractivity contribution in [1.82, 2.24) is 15.0 Å². The molecule has 1 fully saturated rings. The summed E-state index contributed by atoms with van der Waals surface area (Å²) in [5.41, 5.74) is 7.63. The van der Waals surface area contributed by atoms with Gasteiger partial charge in [0, 0.05) is 5.56 Å². The van der Waals surface area contributed by atoms with Crippen LogP contribution in [-0.4, -0.2) is 20.1 Å². The van der Waals surface area contributed by atoms with E-state index >= 15 is 0 Å². The molecule has 1 aromatic heterocycles. The first-order chi connectivity index (χ1) is 8.25. The number of benzene rings is 1. The van der Waals surface area contributed by atoms with Crippen molar-refractivity contribution in [3.63, 3.8) is 0 Å². The van der Waals surface area contributed by atoms with Crippen molar-refractivity contribution < 1.29 is 5.11 Å². The Balaban J connectivity index is 1.97. The minimum atomic E-state index is 0.235. The average molecular weight is 230 g/mol. The fourth-order valence-corrected chi connectivity index (χ4v) is 2.03. The first-order valence-electron chi connectivity index (χ1n) is 5.76. The van der Waals surface area contributed by atoms with Gasteiger partial charge in [0.1, 0.15) is 11.4 Å². The number of nitrogen functional groups attached to an aromatic ring is 1. The van der Waals surface area contributed by atoms with E-state index < -0.39 is 0 Å². The van der Waals surface area contributed by atoms with Crippen LogP contribution in [0.2, 0.25) is 0 Å². The van der Waals surface area contributed by atoms with E-state index in [1.807, 2.05) is 4.68 Å². The highest BCUT2D eigenvalue weighted by molar-refractivity contribution is 5.70. The van der Waals surface area contributed by atoms with Gasteiger partial charge in [-0.25, -0.2) is 4.68 Å². The van der Waals surface area contributed by atoms with Crippen molar-refractivity contribution in [2.45, 2.75) is 25.3 Å². The predicted octanol–water partition coefficient (Wildman–Crippen LogP) is 1.96. The molecule has 5 heteroatoms. The van der Waals surface area contributed by atoms with E-state index in [1.165, 1.54) is 6.42 Å². The zero-order valence-electron chi connectivity index (χ0n) is 9.37. The number of aromatic nitrogens is 3. The number of rotatable bonds is 2. The lowest BCUT2D eigenvalue weighted by atomic mass is 9.93. The van der Waals surface area contributed by atoms with Gasteiger partial charge in [-0.2, -0.15) is 0 Å². The number of phenolic OH excluding ortho intramolecular Hbond substituents is 1. The number of phenols is 1. The van der Waals surface area contributed by atoms with Crippen molar-refractivity contribution in [3.05, 3.63) is 24.3 Å². The fourth-order valence-electron chi connectivity index (χ4n) is 2.03. The molecule has 0 bridgehead atoms. The van der Waals surface area contributed by atoms with Gasteiger partial charge in [-0.1, -0.05) is 5.21 Å². The van der Waals surface area contributed by atoms with Crippen molar-refractivity contribution >= 4 is 5.82 Å². The summed E-state index contributed by atoms with van der Waals surface area (Å²) in [5.74, 6) is 0.846. The predicted molar refractivity (Wildman–Crippen MR) is 64.4 cm³/mol. The molecule has 3 rings (SSSR count). The number of aromatic hydroxyl groups is 1. The van der Waals surface area contributed by atoms with Crippen molar-refractivity contribution in [2.75, 3.05) is 5.73 Å². The van der Waals surface area contributed by atoms with E-state index in [-0.39, 0.29) is 5.75 Å². The molecule has 1 saturated carbocycles. The van der Waals surface area contributed by atoms with Crippen LogP contribution in [-0.2, 0) is 0 Å². The van der Waals surface area contributed by atoms with Gasteiger partial charge in [0.05, 0.1) is 6.04 Å². The van der Waals surface area contributed by atoms with Gasteiger partial charge in [-0.3, -0.25) is 0 Å². The van der Waals surface area contributed by atoms with E-state index in [0.717, 1.165) is 18.4 Å². The summed E-state index contributed by atoms with van der Waals surface area (Å²) in [7, 11) is 0. The molecule has 88 valence electrons. The topological polar surface area (TPSA) is 77.0 Å². The minimum absolute atomic E-state index is 0.235. The molecule has 0 saturated heterocycles. The van der Waals surface area contributed by atoms with Gasteiger partial charge in [0.2, 0.25) is 0 Å². The maximum atomic E-state index is 9.24. The molecule has 0 aliphatic heterocycles. The average Bonchev–Trinajstić information content (AvgIpc) is 2.60. The summed E-state index contributed by atoms with van der Waals surface area (Å²) in [6.45, 7) is 0. The zero-order chi connectivity index (χ0) is 11.8. The highest BCUT2D eigenvalue weighted by Gasteiger charge is 2.24. The Hall–Kier alpha value is -2.04. The molecule has 0 spiro atoms. The lowest BCUT2D eigenvalue weighted by molar-refractivity contribution is 0.288. The van der Waals surface area contributed by atoms with Crippen LogP contribution in [0, 0.1) is 0 Å². The molecule has 0 unspecified atom stereocenters. The van der Waals surface area contributed by atoms with Crippen LogP contribution in [0.5, 0.6) is 5.75 Å². The zero-order valence-corrected chi connectivity index (χ0v) is 9.37. The van der Waals surface area contributed by atoms with E-state index in [9.17, 15) is 5.11 Å². The molecule has 0 amide bonds. The number of anilines is 1. The number of nitrogens with two attached hydrogens (primary N) is 1. The van der Waals surface area contributed by atoms with Crippen LogP contribution in [0.25, 0.3) is 11.3 Å². The van der Waals surface area contributed by atoms with Crippen LogP contribution in [0.1, 0.15) is 25.3 Å². The Morgan fingerprint density at radius 3 is 2.53 bits per heavy atom. The molecular formula is C12H14N4O. The van der Waals surface area contributed by atoms with Crippen LogP contribution in [0.3, 0.4) is 0 Å². The lowest BCUT2D eigenvalue weighted by Gasteiger charge is -2.25. The summed E-state index contributed by atoms with van der Waals surface area (Å²) in [5, 5.41) is 17.5. The van der Waals surface area contributed by atoms with E-state index in [1.54, 1.807) is 24.3 Å². The Bertz CT molecular complexity index is 528. The number of nitrogens with zero attached hydrogens (tertiary/aromatic N) is 3. The molecule has 17 heavy (non-hydrogen) atoms. The molecule has 1 aliphatic rings. The maximum absolute atomic E-state index is 9.24. The standard InChI is InChI=1S/C12H14N4O/c13-12-11(8-4-6-10(17)7-5-8)14-15-16(12)9-2-1-3-9/h4-7,9,17H,1-3,13H2. The second-order valence-corrected chi connectivity index (χ2v) is 4.40. The SMILES string of the molecule is Nc1c(-c2ccc(O)cc2)nnn1C1CCC1. The summed E-state index contributed by atoms with van der Waals surface area (Å²) in [6, 6.07) is 7.24. The third-order valence-corrected chi connectivity index (χ3v) is 3.29. The minimum Gasteiger partial charge on any atom is -0.508 e. The molecule has 0 atom stereocenters. The van der Waals surface area contributed by atoms with Crippen LogP contribution >= 0.6 is 0 Å². The highest BCUT2D eigenvalue weighted by Crippen LogP contribution is 2.35. The molecule has 0 radical (unpaired) electrons. The third kappa shape index (κ3) is 1.63. The van der Waals surface area contributed by atoms with E-state index in [4.69, 9.17) is 5.73 Å².